The number of rotatable bonds is 0. The fourth-order valence-electron chi connectivity index (χ4n) is 0.658. The van der Waals surface area contributed by atoms with Gasteiger partial charge in [-0.3, -0.25) is 9.78 Å². The molecule has 0 bridgehead atoms. The quantitative estimate of drug-likeness (QED) is 0.419. The molecule has 0 spiro atoms. The summed E-state index contributed by atoms with van der Waals surface area (Å²) < 4.78 is 0. The van der Waals surface area contributed by atoms with Crippen LogP contribution in [0, 0.1) is 6.92 Å². The number of aromatic nitrogens is 1. The third-order valence-corrected chi connectivity index (χ3v) is 1.38. The van der Waals surface area contributed by atoms with Crippen LogP contribution in [0.3, 0.4) is 0 Å². The Balaban J connectivity index is 3.59. The fraction of sp³-hybridized carbons (Fsp3) is 0.167. The van der Waals surface area contributed by atoms with Crippen molar-refractivity contribution in [3.05, 3.63) is 15.9 Å². The first-order chi connectivity index (χ1) is 5.04. The molecule has 0 aromatic carbocycles. The Bertz CT molecular complexity index is 341. The predicted octanol–water partition coefficient (Wildman–Crippen LogP) is -0.200. The molecule has 11 heavy (non-hydrogen) atoms. The molecule has 0 aliphatic carbocycles. The van der Waals surface area contributed by atoms with E-state index in [0.717, 1.165) is 0 Å². The molecule has 5 heteroatoms. The molecule has 60 valence electrons. The Labute approximate surface area is 61.6 Å². The fourth-order valence-corrected chi connectivity index (χ4v) is 0.658. The number of hydrogen-bond donors (Lipinski definition) is 4. The number of hydrogen-bond acceptors (Lipinski definition) is 4. The highest BCUT2D eigenvalue weighted by atomic mass is 16.3. The van der Waals surface area contributed by atoms with Crippen molar-refractivity contribution in [2.75, 3.05) is 0 Å². The van der Waals surface area contributed by atoms with Gasteiger partial charge in [-0.05, 0) is 6.92 Å². The van der Waals surface area contributed by atoms with Crippen LogP contribution in [0.4, 0.5) is 0 Å². The van der Waals surface area contributed by atoms with Crippen LogP contribution < -0.4 is 5.56 Å². The largest absolute Gasteiger partial charge is 0.504 e. The van der Waals surface area contributed by atoms with E-state index in [0.29, 0.717) is 0 Å². The van der Waals surface area contributed by atoms with Gasteiger partial charge in [-0.25, -0.2) is 0 Å². The van der Waals surface area contributed by atoms with Gasteiger partial charge in [0, 0.05) is 0 Å². The number of aromatic amines is 1. The summed E-state index contributed by atoms with van der Waals surface area (Å²) in [5.41, 5.74) is -0.868. The highest BCUT2D eigenvalue weighted by molar-refractivity contribution is 5.46. The molecule has 0 fully saturated rings. The van der Waals surface area contributed by atoms with Gasteiger partial charge in [0.1, 0.15) is 0 Å². The molecule has 1 heterocycles. The maximum Gasteiger partial charge on any atom is 0.296 e. The summed E-state index contributed by atoms with van der Waals surface area (Å²) >= 11 is 0. The van der Waals surface area contributed by atoms with Crippen molar-refractivity contribution in [2.45, 2.75) is 6.92 Å². The topological polar surface area (TPSA) is 93.5 Å². The Morgan fingerprint density at radius 1 is 1.18 bits per heavy atom. The summed E-state index contributed by atoms with van der Waals surface area (Å²) in [6.45, 7) is 1.36. The van der Waals surface area contributed by atoms with Gasteiger partial charge in [0.15, 0.2) is 11.6 Å². The van der Waals surface area contributed by atoms with E-state index in [9.17, 15) is 4.79 Å². The summed E-state index contributed by atoms with van der Waals surface area (Å²) in [5, 5.41) is 26.6. The second-order valence-corrected chi connectivity index (χ2v) is 2.12. The molecular weight excluding hydrogens is 150 g/mol. The first kappa shape index (κ1) is 7.46. The average molecular weight is 157 g/mol. The van der Waals surface area contributed by atoms with Crippen LogP contribution in [0.1, 0.15) is 5.56 Å². The van der Waals surface area contributed by atoms with Gasteiger partial charge in [-0.15, -0.1) is 0 Å². The molecule has 1 aromatic heterocycles. The zero-order chi connectivity index (χ0) is 8.59. The van der Waals surface area contributed by atoms with Crippen LogP contribution in [-0.2, 0) is 0 Å². The van der Waals surface area contributed by atoms with Gasteiger partial charge >= 0.3 is 0 Å². The molecule has 0 atom stereocenters. The Hall–Kier alpha value is -1.65. The highest BCUT2D eigenvalue weighted by Gasteiger charge is 2.11. The Kier molecular flexibility index (Phi) is 1.48. The Morgan fingerprint density at radius 2 is 1.73 bits per heavy atom. The van der Waals surface area contributed by atoms with Crippen LogP contribution in [0.25, 0.3) is 0 Å². The molecule has 0 saturated heterocycles. The lowest BCUT2D eigenvalue weighted by Gasteiger charge is -2.01. The summed E-state index contributed by atoms with van der Waals surface area (Å²) in [7, 11) is 0. The van der Waals surface area contributed by atoms with Gasteiger partial charge in [-0.2, -0.15) is 0 Å². The van der Waals surface area contributed by atoms with Gasteiger partial charge in [0.2, 0.25) is 5.75 Å². The predicted molar refractivity (Wildman–Crippen MR) is 36.8 cm³/mol. The molecular formula is C6H7NO4. The number of nitrogens with one attached hydrogen (secondary N) is 1. The number of aromatic hydroxyl groups is 3. The monoisotopic (exact) mass is 157 g/mol. The summed E-state index contributed by atoms with van der Waals surface area (Å²) in [4.78, 5) is 12.5. The zero-order valence-electron chi connectivity index (χ0n) is 5.75. The highest BCUT2D eigenvalue weighted by Crippen LogP contribution is 2.28. The van der Waals surface area contributed by atoms with E-state index in [1.54, 1.807) is 0 Å². The summed E-state index contributed by atoms with van der Waals surface area (Å²) in [5.74, 6) is -1.81. The molecule has 5 nitrogen and oxygen atoms in total. The second kappa shape index (κ2) is 2.19. The van der Waals surface area contributed by atoms with E-state index >= 15 is 0 Å². The van der Waals surface area contributed by atoms with E-state index in [4.69, 9.17) is 15.3 Å². The number of pyridine rings is 1. The van der Waals surface area contributed by atoms with Gasteiger partial charge < -0.3 is 15.3 Å². The minimum absolute atomic E-state index is 0.0436. The van der Waals surface area contributed by atoms with Crippen LogP contribution >= 0.6 is 0 Å². The molecule has 4 N–H and O–H groups in total. The minimum atomic E-state index is -0.911. The van der Waals surface area contributed by atoms with Crippen LogP contribution in [-0.4, -0.2) is 20.3 Å². The van der Waals surface area contributed by atoms with Crippen molar-refractivity contribution in [1.29, 1.82) is 0 Å². The lowest BCUT2D eigenvalue weighted by molar-refractivity contribution is 0.379. The first-order valence-electron chi connectivity index (χ1n) is 2.87. The average Bonchev–Trinajstić information content (AvgIpc) is 1.97. The molecule has 0 radical (unpaired) electrons. The first-order valence-corrected chi connectivity index (χ1v) is 2.87. The van der Waals surface area contributed by atoms with E-state index in [2.05, 4.69) is 0 Å². The normalized spacial score (nSPS) is 9.91. The standard InChI is InChI=1S/C6H7NO4/c1-2-3(8)4(9)6(11)7-5(2)10/h9H,1H3,(H3,7,8,10,11). The van der Waals surface area contributed by atoms with E-state index in [1.165, 1.54) is 6.92 Å². The molecule has 0 amide bonds. The minimum Gasteiger partial charge on any atom is -0.504 e. The molecule has 1 aromatic rings. The van der Waals surface area contributed by atoms with Gasteiger partial charge in [0.25, 0.3) is 5.56 Å². The lowest BCUT2D eigenvalue weighted by atomic mass is 10.2. The van der Waals surface area contributed by atoms with Crippen LogP contribution in [0.5, 0.6) is 17.4 Å². The molecule has 1 rings (SSSR count). The molecule has 0 aliphatic rings. The van der Waals surface area contributed by atoms with Crippen molar-refractivity contribution in [3.8, 4) is 17.4 Å². The molecule has 0 unspecified atom stereocenters. The van der Waals surface area contributed by atoms with Crippen molar-refractivity contribution in [2.24, 2.45) is 0 Å². The SMILES string of the molecule is Cc1c(O)[nH]c(=O)c(O)c1O. The zero-order valence-corrected chi connectivity index (χ0v) is 5.75. The van der Waals surface area contributed by atoms with Crippen LogP contribution in [0.15, 0.2) is 4.79 Å². The van der Waals surface area contributed by atoms with Crippen molar-refractivity contribution in [1.82, 2.24) is 4.98 Å². The van der Waals surface area contributed by atoms with E-state index in [-0.39, 0.29) is 5.56 Å². The van der Waals surface area contributed by atoms with Gasteiger partial charge in [-0.1, -0.05) is 0 Å². The van der Waals surface area contributed by atoms with E-state index < -0.39 is 22.9 Å². The lowest BCUT2D eigenvalue weighted by Crippen LogP contribution is -2.05. The second-order valence-electron chi connectivity index (χ2n) is 2.12. The Morgan fingerprint density at radius 3 is 2.27 bits per heavy atom. The molecule has 0 aliphatic heterocycles. The third kappa shape index (κ3) is 1.000. The summed E-state index contributed by atoms with van der Waals surface area (Å²) in [6, 6.07) is 0. The number of H-pyrrole nitrogens is 1. The summed E-state index contributed by atoms with van der Waals surface area (Å²) in [6.07, 6.45) is 0. The third-order valence-electron chi connectivity index (χ3n) is 1.38. The van der Waals surface area contributed by atoms with Crippen molar-refractivity contribution >= 4 is 0 Å². The maximum atomic E-state index is 10.6. The van der Waals surface area contributed by atoms with Crippen molar-refractivity contribution in [3.63, 3.8) is 0 Å². The van der Waals surface area contributed by atoms with Crippen molar-refractivity contribution < 1.29 is 15.3 Å². The smallest absolute Gasteiger partial charge is 0.296 e. The van der Waals surface area contributed by atoms with Crippen LogP contribution in [0.2, 0.25) is 0 Å². The maximum absolute atomic E-state index is 10.6. The van der Waals surface area contributed by atoms with E-state index in [1.807, 2.05) is 4.98 Å². The molecule has 0 saturated carbocycles. The van der Waals surface area contributed by atoms with Gasteiger partial charge in [0.05, 0.1) is 5.56 Å².